The molecule has 2 fully saturated rings. The van der Waals surface area contributed by atoms with Crippen LogP contribution in [-0.4, -0.2) is 63.3 Å². The lowest BCUT2D eigenvalue weighted by molar-refractivity contribution is -0.150. The van der Waals surface area contributed by atoms with Crippen molar-refractivity contribution < 1.29 is 33.3 Å². The molecule has 0 saturated carbocycles. The molecule has 2 amide bonds. The van der Waals surface area contributed by atoms with Crippen molar-refractivity contribution in [2.45, 2.75) is 24.4 Å². The molecule has 2 aromatic rings. The van der Waals surface area contributed by atoms with Crippen molar-refractivity contribution in [3.63, 3.8) is 0 Å². The Morgan fingerprint density at radius 3 is 2.42 bits per heavy atom. The number of fused-ring (bicyclic) bond motifs is 1. The summed E-state index contributed by atoms with van der Waals surface area (Å²) >= 11 is 0. The Kier molecular flexibility index (Phi) is 6.66. The van der Waals surface area contributed by atoms with Crippen LogP contribution in [0.15, 0.2) is 54.6 Å². The van der Waals surface area contributed by atoms with E-state index in [-0.39, 0.29) is 43.6 Å². The van der Waals surface area contributed by atoms with E-state index in [1.807, 2.05) is 30.3 Å². The topological polar surface area (TPSA) is 104 Å². The SMILES string of the molecule is COC(=O)CO[C@@H]1CO[C@H]2[C@@H]1OC[C@@H]2NC(=O)Nc1ccc(Oc2ccccc2)cc1. The van der Waals surface area contributed by atoms with Gasteiger partial charge < -0.3 is 34.3 Å². The van der Waals surface area contributed by atoms with Crippen LogP contribution in [0.1, 0.15) is 0 Å². The standard InChI is InChI=1S/C22H24N2O7/c1-27-19(25)13-28-18-12-30-20-17(11-29-21(18)20)24-22(26)23-14-7-9-16(10-8-14)31-15-5-3-2-4-6-15/h2-10,17-18,20-21H,11-13H2,1H3,(H2,23,24,26)/t17-,18+,20+,21+/m0/s1. The Bertz CT molecular complexity index is 890. The highest BCUT2D eigenvalue weighted by atomic mass is 16.6. The summed E-state index contributed by atoms with van der Waals surface area (Å²) in [7, 11) is 1.30. The maximum Gasteiger partial charge on any atom is 0.331 e. The summed E-state index contributed by atoms with van der Waals surface area (Å²) in [6, 6.07) is 15.8. The van der Waals surface area contributed by atoms with Gasteiger partial charge in [0.2, 0.25) is 0 Å². The van der Waals surface area contributed by atoms with E-state index in [1.165, 1.54) is 7.11 Å². The first-order chi connectivity index (χ1) is 15.1. The van der Waals surface area contributed by atoms with Gasteiger partial charge >= 0.3 is 12.0 Å². The van der Waals surface area contributed by atoms with E-state index in [0.717, 1.165) is 5.75 Å². The Morgan fingerprint density at radius 1 is 0.968 bits per heavy atom. The van der Waals surface area contributed by atoms with Crippen LogP contribution >= 0.6 is 0 Å². The Hall–Kier alpha value is -3.14. The molecule has 2 saturated heterocycles. The first-order valence-electron chi connectivity index (χ1n) is 9.94. The fourth-order valence-corrected chi connectivity index (χ4v) is 3.53. The molecule has 164 valence electrons. The third-order valence-electron chi connectivity index (χ3n) is 5.06. The number of amides is 2. The van der Waals surface area contributed by atoms with Crippen LogP contribution in [0, 0.1) is 0 Å². The fraction of sp³-hybridized carbons (Fsp3) is 0.364. The number of rotatable bonds is 7. The zero-order valence-corrected chi connectivity index (χ0v) is 17.0. The predicted octanol–water partition coefficient (Wildman–Crippen LogP) is 2.32. The number of methoxy groups -OCH3 is 1. The lowest BCUT2D eigenvalue weighted by atomic mass is 10.1. The second kappa shape index (κ2) is 9.78. The van der Waals surface area contributed by atoms with E-state index < -0.39 is 5.97 Å². The molecule has 2 aliphatic rings. The minimum Gasteiger partial charge on any atom is -0.467 e. The molecular formula is C22H24N2O7. The minimum absolute atomic E-state index is 0.167. The molecule has 4 atom stereocenters. The van der Waals surface area contributed by atoms with Gasteiger partial charge in [0.25, 0.3) is 0 Å². The normalized spacial score (nSPS) is 24.3. The van der Waals surface area contributed by atoms with Crippen LogP contribution in [-0.2, 0) is 23.7 Å². The Labute approximate surface area is 179 Å². The molecule has 0 bridgehead atoms. The summed E-state index contributed by atoms with van der Waals surface area (Å²) < 4.78 is 27.3. The van der Waals surface area contributed by atoms with E-state index in [9.17, 15) is 9.59 Å². The molecule has 0 radical (unpaired) electrons. The zero-order chi connectivity index (χ0) is 21.6. The molecule has 2 N–H and O–H groups in total. The molecule has 0 aromatic heterocycles. The number of para-hydroxylation sites is 1. The van der Waals surface area contributed by atoms with Gasteiger partial charge in [-0.25, -0.2) is 9.59 Å². The summed E-state index contributed by atoms with van der Waals surface area (Å²) in [6.07, 6.45) is -1.06. The number of nitrogens with one attached hydrogen (secondary N) is 2. The highest BCUT2D eigenvalue weighted by molar-refractivity contribution is 5.89. The average Bonchev–Trinajstić information content (AvgIpc) is 3.37. The highest BCUT2D eigenvalue weighted by Gasteiger charge is 2.49. The van der Waals surface area contributed by atoms with Gasteiger partial charge in [-0.15, -0.1) is 0 Å². The maximum atomic E-state index is 12.4. The van der Waals surface area contributed by atoms with Crippen molar-refractivity contribution >= 4 is 17.7 Å². The van der Waals surface area contributed by atoms with E-state index in [1.54, 1.807) is 24.3 Å². The Balaban J connectivity index is 1.25. The van der Waals surface area contributed by atoms with Crippen LogP contribution < -0.4 is 15.4 Å². The first kappa shape index (κ1) is 21.1. The third kappa shape index (κ3) is 5.32. The van der Waals surface area contributed by atoms with Crippen molar-refractivity contribution in [2.75, 3.05) is 32.2 Å². The number of carbonyl (C=O) groups excluding carboxylic acids is 2. The molecule has 0 unspecified atom stereocenters. The number of benzene rings is 2. The van der Waals surface area contributed by atoms with Crippen molar-refractivity contribution in [3.8, 4) is 11.5 Å². The van der Waals surface area contributed by atoms with E-state index in [0.29, 0.717) is 18.0 Å². The number of hydrogen-bond acceptors (Lipinski definition) is 7. The lowest BCUT2D eigenvalue weighted by Crippen LogP contribution is -2.46. The van der Waals surface area contributed by atoms with Crippen LogP contribution in [0.25, 0.3) is 0 Å². The summed E-state index contributed by atoms with van der Waals surface area (Å²) in [4.78, 5) is 23.7. The molecule has 9 nitrogen and oxygen atoms in total. The van der Waals surface area contributed by atoms with Gasteiger partial charge in [-0.3, -0.25) is 0 Å². The van der Waals surface area contributed by atoms with Gasteiger partial charge in [0.1, 0.15) is 36.4 Å². The third-order valence-corrected chi connectivity index (χ3v) is 5.06. The molecular weight excluding hydrogens is 404 g/mol. The number of carbonyl (C=O) groups is 2. The first-order valence-corrected chi connectivity index (χ1v) is 9.94. The number of ether oxygens (including phenoxy) is 5. The van der Waals surface area contributed by atoms with E-state index in [4.69, 9.17) is 18.9 Å². The van der Waals surface area contributed by atoms with Crippen molar-refractivity contribution in [3.05, 3.63) is 54.6 Å². The molecule has 4 rings (SSSR count). The van der Waals surface area contributed by atoms with Crippen LogP contribution in [0.4, 0.5) is 10.5 Å². The maximum absolute atomic E-state index is 12.4. The molecule has 0 spiro atoms. The van der Waals surface area contributed by atoms with Crippen LogP contribution in [0.2, 0.25) is 0 Å². The lowest BCUT2D eigenvalue weighted by Gasteiger charge is -2.18. The second-order valence-corrected chi connectivity index (χ2v) is 7.17. The largest absolute Gasteiger partial charge is 0.467 e. The van der Waals surface area contributed by atoms with Gasteiger partial charge in [-0.05, 0) is 36.4 Å². The van der Waals surface area contributed by atoms with Gasteiger partial charge in [0.15, 0.2) is 0 Å². The number of urea groups is 1. The molecule has 2 heterocycles. The minimum atomic E-state index is -0.462. The van der Waals surface area contributed by atoms with E-state index >= 15 is 0 Å². The van der Waals surface area contributed by atoms with Gasteiger partial charge in [0, 0.05) is 5.69 Å². The molecule has 2 aliphatic heterocycles. The molecule has 9 heteroatoms. The zero-order valence-electron chi connectivity index (χ0n) is 17.0. The van der Waals surface area contributed by atoms with E-state index in [2.05, 4.69) is 15.4 Å². The van der Waals surface area contributed by atoms with Crippen LogP contribution in [0.5, 0.6) is 11.5 Å². The van der Waals surface area contributed by atoms with Crippen LogP contribution in [0.3, 0.4) is 0 Å². The van der Waals surface area contributed by atoms with Crippen molar-refractivity contribution in [2.24, 2.45) is 0 Å². The molecule has 2 aromatic carbocycles. The quantitative estimate of drug-likeness (QED) is 0.652. The monoisotopic (exact) mass is 428 g/mol. The predicted molar refractivity (Wildman–Crippen MR) is 110 cm³/mol. The fourth-order valence-electron chi connectivity index (χ4n) is 3.53. The number of anilines is 1. The summed E-state index contributed by atoms with van der Waals surface area (Å²) in [5.74, 6) is 0.944. The van der Waals surface area contributed by atoms with Crippen molar-refractivity contribution in [1.82, 2.24) is 5.32 Å². The van der Waals surface area contributed by atoms with Gasteiger partial charge in [-0.1, -0.05) is 18.2 Å². The molecule has 31 heavy (non-hydrogen) atoms. The second-order valence-electron chi connectivity index (χ2n) is 7.17. The Morgan fingerprint density at radius 2 is 1.68 bits per heavy atom. The molecule has 0 aliphatic carbocycles. The summed E-state index contributed by atoms with van der Waals surface area (Å²) in [6.45, 7) is 0.416. The highest BCUT2D eigenvalue weighted by Crippen LogP contribution is 2.29. The number of esters is 1. The smallest absolute Gasteiger partial charge is 0.331 e. The van der Waals surface area contributed by atoms with Gasteiger partial charge in [-0.2, -0.15) is 0 Å². The van der Waals surface area contributed by atoms with Gasteiger partial charge in [0.05, 0.1) is 26.4 Å². The van der Waals surface area contributed by atoms with Crippen molar-refractivity contribution in [1.29, 1.82) is 0 Å². The average molecular weight is 428 g/mol. The number of hydrogen-bond donors (Lipinski definition) is 2. The summed E-state index contributed by atoms with van der Waals surface area (Å²) in [5, 5.41) is 5.66. The summed E-state index contributed by atoms with van der Waals surface area (Å²) in [5.41, 5.74) is 0.625.